The van der Waals surface area contributed by atoms with Crippen LogP contribution in [0.4, 0.5) is 11.9 Å². The predicted octanol–water partition coefficient (Wildman–Crippen LogP) is 1.67. The largest absolute Gasteiger partial charge is 0.461 e. The van der Waals surface area contributed by atoms with Gasteiger partial charge in [-0.05, 0) is 33.1 Å². The third-order valence-corrected chi connectivity index (χ3v) is 2.36. The fraction of sp³-hybridized carbons (Fsp3) is 0.769. The molecule has 0 amide bonds. The molecule has 1 rings (SSSR count). The van der Waals surface area contributed by atoms with Crippen LogP contribution in [0, 0.1) is 0 Å². The third-order valence-electron chi connectivity index (χ3n) is 2.36. The molecule has 0 fully saturated rings. The summed E-state index contributed by atoms with van der Waals surface area (Å²) in [5.41, 5.74) is 0. The Morgan fingerprint density at radius 2 is 1.70 bits per heavy atom. The second-order valence-electron chi connectivity index (χ2n) is 4.72. The molecule has 0 radical (unpaired) electrons. The molecule has 114 valence electrons. The van der Waals surface area contributed by atoms with Crippen molar-refractivity contribution < 1.29 is 9.84 Å². The van der Waals surface area contributed by atoms with Gasteiger partial charge in [-0.1, -0.05) is 6.92 Å². The molecule has 0 aliphatic carbocycles. The molecule has 0 saturated carbocycles. The van der Waals surface area contributed by atoms with Crippen molar-refractivity contribution in [2.24, 2.45) is 0 Å². The molecule has 0 aliphatic heterocycles. The molecule has 0 atom stereocenters. The van der Waals surface area contributed by atoms with Crippen LogP contribution in [0.15, 0.2) is 0 Å². The SMILES string of the molecule is CCCNc1nc(NCCCCO)nc(OC(C)C)n1. The lowest BCUT2D eigenvalue weighted by Gasteiger charge is -2.11. The summed E-state index contributed by atoms with van der Waals surface area (Å²) in [5.74, 6) is 1.01. The first kappa shape index (κ1) is 16.4. The van der Waals surface area contributed by atoms with Gasteiger partial charge in [-0.15, -0.1) is 0 Å². The Morgan fingerprint density at radius 3 is 2.25 bits per heavy atom. The number of anilines is 2. The van der Waals surface area contributed by atoms with Gasteiger partial charge in [0.1, 0.15) is 0 Å². The highest BCUT2D eigenvalue weighted by molar-refractivity contribution is 5.35. The van der Waals surface area contributed by atoms with Crippen LogP contribution in [0.5, 0.6) is 6.01 Å². The van der Waals surface area contributed by atoms with Crippen molar-refractivity contribution >= 4 is 11.9 Å². The Hall–Kier alpha value is -1.63. The van der Waals surface area contributed by atoms with E-state index in [2.05, 4.69) is 32.5 Å². The maximum Gasteiger partial charge on any atom is 0.323 e. The molecular weight excluding hydrogens is 258 g/mol. The molecule has 0 unspecified atom stereocenters. The average Bonchev–Trinajstić information content (AvgIpc) is 2.40. The summed E-state index contributed by atoms with van der Waals surface area (Å²) in [6.45, 7) is 7.64. The molecule has 0 bridgehead atoms. The molecule has 1 heterocycles. The van der Waals surface area contributed by atoms with E-state index in [-0.39, 0.29) is 12.7 Å². The normalized spacial score (nSPS) is 10.7. The standard InChI is InChI=1S/C13H25N5O2/c1-4-7-14-11-16-12(15-8-5-6-9-19)18-13(17-11)20-10(2)3/h10,19H,4-9H2,1-3H3,(H2,14,15,16,17,18). The van der Waals surface area contributed by atoms with Gasteiger partial charge >= 0.3 is 6.01 Å². The molecule has 0 aliphatic rings. The number of aliphatic hydroxyl groups excluding tert-OH is 1. The second-order valence-corrected chi connectivity index (χ2v) is 4.72. The number of hydrogen-bond acceptors (Lipinski definition) is 7. The molecular formula is C13H25N5O2. The highest BCUT2D eigenvalue weighted by Crippen LogP contribution is 2.12. The van der Waals surface area contributed by atoms with Gasteiger partial charge in [-0.3, -0.25) is 0 Å². The van der Waals surface area contributed by atoms with Crippen LogP contribution in [-0.4, -0.2) is 45.9 Å². The smallest absolute Gasteiger partial charge is 0.323 e. The Bertz CT molecular complexity index is 387. The van der Waals surface area contributed by atoms with Crippen molar-refractivity contribution in [1.82, 2.24) is 15.0 Å². The third kappa shape index (κ3) is 6.51. The van der Waals surface area contributed by atoms with Crippen LogP contribution >= 0.6 is 0 Å². The number of aromatic nitrogens is 3. The molecule has 0 saturated heterocycles. The number of nitrogens with zero attached hydrogens (tertiary/aromatic N) is 3. The van der Waals surface area contributed by atoms with E-state index in [1.54, 1.807) is 0 Å². The van der Waals surface area contributed by atoms with Crippen LogP contribution < -0.4 is 15.4 Å². The lowest BCUT2D eigenvalue weighted by molar-refractivity contribution is 0.222. The minimum Gasteiger partial charge on any atom is -0.461 e. The number of unbranched alkanes of at least 4 members (excludes halogenated alkanes) is 1. The monoisotopic (exact) mass is 283 g/mol. The molecule has 1 aromatic heterocycles. The molecule has 1 aromatic rings. The summed E-state index contributed by atoms with van der Waals surface area (Å²) in [5, 5.41) is 15.0. The maximum atomic E-state index is 8.75. The van der Waals surface area contributed by atoms with Crippen LogP contribution in [-0.2, 0) is 0 Å². The van der Waals surface area contributed by atoms with E-state index in [0.29, 0.717) is 24.5 Å². The first-order chi connectivity index (χ1) is 9.65. The summed E-state index contributed by atoms with van der Waals surface area (Å²) < 4.78 is 5.52. The van der Waals surface area contributed by atoms with E-state index in [0.717, 1.165) is 25.8 Å². The van der Waals surface area contributed by atoms with Crippen LogP contribution in [0.1, 0.15) is 40.0 Å². The van der Waals surface area contributed by atoms with E-state index >= 15 is 0 Å². The second kappa shape index (κ2) is 9.30. The van der Waals surface area contributed by atoms with Gasteiger partial charge in [0.15, 0.2) is 0 Å². The number of ether oxygens (including phenoxy) is 1. The molecule has 20 heavy (non-hydrogen) atoms. The van der Waals surface area contributed by atoms with E-state index in [9.17, 15) is 0 Å². The van der Waals surface area contributed by atoms with Crippen molar-refractivity contribution in [2.45, 2.75) is 46.1 Å². The van der Waals surface area contributed by atoms with Crippen LogP contribution in [0.25, 0.3) is 0 Å². The zero-order valence-corrected chi connectivity index (χ0v) is 12.5. The number of aliphatic hydroxyl groups is 1. The van der Waals surface area contributed by atoms with Crippen molar-refractivity contribution in [1.29, 1.82) is 0 Å². The lowest BCUT2D eigenvalue weighted by Crippen LogP contribution is -2.14. The van der Waals surface area contributed by atoms with Crippen LogP contribution in [0.2, 0.25) is 0 Å². The Kier molecular flexibility index (Phi) is 7.64. The topological polar surface area (TPSA) is 92.2 Å². The zero-order chi connectivity index (χ0) is 14.8. The van der Waals surface area contributed by atoms with Crippen molar-refractivity contribution in [3.8, 4) is 6.01 Å². The molecule has 3 N–H and O–H groups in total. The zero-order valence-electron chi connectivity index (χ0n) is 12.5. The van der Waals surface area contributed by atoms with Crippen molar-refractivity contribution in [2.75, 3.05) is 30.3 Å². The Balaban J connectivity index is 2.69. The van der Waals surface area contributed by atoms with Gasteiger partial charge in [0.25, 0.3) is 0 Å². The molecule has 7 nitrogen and oxygen atoms in total. The lowest BCUT2D eigenvalue weighted by atomic mass is 10.3. The van der Waals surface area contributed by atoms with Crippen molar-refractivity contribution in [3.05, 3.63) is 0 Å². The van der Waals surface area contributed by atoms with Gasteiger partial charge in [-0.2, -0.15) is 15.0 Å². The van der Waals surface area contributed by atoms with Gasteiger partial charge in [0.2, 0.25) is 11.9 Å². The number of rotatable bonds is 10. The summed E-state index contributed by atoms with van der Waals surface area (Å²) in [6.07, 6.45) is 2.62. The van der Waals surface area contributed by atoms with Crippen molar-refractivity contribution in [3.63, 3.8) is 0 Å². The number of nitrogens with one attached hydrogen (secondary N) is 2. The van der Waals surface area contributed by atoms with Gasteiger partial charge in [0, 0.05) is 19.7 Å². The first-order valence-corrected chi connectivity index (χ1v) is 7.17. The molecule has 0 aromatic carbocycles. The van der Waals surface area contributed by atoms with E-state index < -0.39 is 0 Å². The first-order valence-electron chi connectivity index (χ1n) is 7.17. The van der Waals surface area contributed by atoms with Crippen LogP contribution in [0.3, 0.4) is 0 Å². The Labute approximate surface area is 120 Å². The summed E-state index contributed by atoms with van der Waals surface area (Å²) >= 11 is 0. The Morgan fingerprint density at radius 1 is 1.05 bits per heavy atom. The fourth-order valence-electron chi connectivity index (χ4n) is 1.45. The minimum atomic E-state index is 0.0127. The molecule has 7 heteroatoms. The minimum absolute atomic E-state index is 0.0127. The van der Waals surface area contributed by atoms with E-state index in [4.69, 9.17) is 9.84 Å². The summed E-state index contributed by atoms with van der Waals surface area (Å²) in [4.78, 5) is 12.7. The van der Waals surface area contributed by atoms with Gasteiger partial charge in [-0.25, -0.2) is 0 Å². The quantitative estimate of drug-likeness (QED) is 0.562. The maximum absolute atomic E-state index is 8.75. The van der Waals surface area contributed by atoms with Gasteiger partial charge < -0.3 is 20.5 Å². The summed E-state index contributed by atoms with van der Waals surface area (Å²) in [7, 11) is 0. The predicted molar refractivity (Wildman–Crippen MR) is 79.2 cm³/mol. The average molecular weight is 283 g/mol. The number of hydrogen-bond donors (Lipinski definition) is 3. The van der Waals surface area contributed by atoms with Gasteiger partial charge in [0.05, 0.1) is 6.10 Å². The highest BCUT2D eigenvalue weighted by atomic mass is 16.5. The summed E-state index contributed by atoms with van der Waals surface area (Å²) in [6, 6.07) is 0.318. The highest BCUT2D eigenvalue weighted by Gasteiger charge is 2.08. The molecule has 0 spiro atoms. The fourth-order valence-corrected chi connectivity index (χ4v) is 1.45. The van der Waals surface area contributed by atoms with E-state index in [1.165, 1.54) is 0 Å². The van der Waals surface area contributed by atoms with E-state index in [1.807, 2.05) is 13.8 Å².